The lowest BCUT2D eigenvalue weighted by Gasteiger charge is -2.30. The van der Waals surface area contributed by atoms with Crippen LogP contribution in [0, 0.1) is 17.2 Å². The highest BCUT2D eigenvalue weighted by atomic mass is 32.2. The Kier molecular flexibility index (Phi) is 10.4. The van der Waals surface area contributed by atoms with Crippen LogP contribution in [0.5, 0.6) is 5.75 Å². The summed E-state index contributed by atoms with van der Waals surface area (Å²) < 4.78 is 67.8. The number of thioether (sulfide) groups is 1. The SMILES string of the molecule is N#CCSc1nonc1C(=O)N[C@H](C(=O)Nc1cc(OC2COC2)c(S(=O)(=O)NCC(F)F)cn1)C1CCCCC1. The summed E-state index contributed by atoms with van der Waals surface area (Å²) in [5.41, 5.74) is -0.166. The second-order valence-electron chi connectivity index (χ2n) is 9.24. The van der Waals surface area contributed by atoms with E-state index in [4.69, 9.17) is 14.7 Å². The van der Waals surface area contributed by atoms with Crippen LogP contribution in [0.1, 0.15) is 42.6 Å². The Hall–Kier alpha value is -3.40. The van der Waals surface area contributed by atoms with Crippen molar-refractivity contribution in [2.75, 3.05) is 30.8 Å². The second kappa shape index (κ2) is 14.0. The molecule has 222 valence electrons. The molecular formula is C23H27F2N7O7S2. The second-order valence-corrected chi connectivity index (χ2v) is 11.9. The smallest absolute Gasteiger partial charge is 0.277 e. The number of sulfonamides is 1. The van der Waals surface area contributed by atoms with Gasteiger partial charge in [0.1, 0.15) is 28.6 Å². The lowest BCUT2D eigenvalue weighted by atomic mass is 9.83. The Morgan fingerprint density at radius 3 is 2.63 bits per heavy atom. The summed E-state index contributed by atoms with van der Waals surface area (Å²) in [5, 5.41) is 21.5. The van der Waals surface area contributed by atoms with Gasteiger partial charge in [-0.3, -0.25) is 9.59 Å². The zero-order chi connectivity index (χ0) is 29.4. The molecule has 3 heterocycles. The van der Waals surface area contributed by atoms with Gasteiger partial charge in [0.25, 0.3) is 12.3 Å². The summed E-state index contributed by atoms with van der Waals surface area (Å²) in [6.07, 6.45) is 1.54. The summed E-state index contributed by atoms with van der Waals surface area (Å²) >= 11 is 0.958. The summed E-state index contributed by atoms with van der Waals surface area (Å²) in [6, 6.07) is 2.07. The van der Waals surface area contributed by atoms with Crippen molar-refractivity contribution in [3.05, 3.63) is 18.0 Å². The van der Waals surface area contributed by atoms with Gasteiger partial charge in [-0.05, 0) is 29.1 Å². The standard InChI is InChI=1S/C23H27F2N7O7S2/c24-17(25)10-28-41(35,36)16-9-27-18(8-15(16)38-14-11-37-12-14)29-21(33)19(13-4-2-1-3-5-13)30-22(34)20-23(32-39-31-20)40-7-6-26/h8-9,13-14,17,19,28H,1-5,7,10-12H2,(H,30,34)(H,27,29,33)/t19-/m0/s1. The van der Waals surface area contributed by atoms with E-state index < -0.39 is 51.8 Å². The molecule has 4 rings (SSSR count). The molecule has 2 amide bonds. The number of hydrogen-bond acceptors (Lipinski definition) is 12. The molecular weight excluding hydrogens is 588 g/mol. The molecule has 1 saturated carbocycles. The van der Waals surface area contributed by atoms with Crippen LogP contribution in [-0.2, 0) is 19.6 Å². The van der Waals surface area contributed by atoms with Gasteiger partial charge in [0.15, 0.2) is 5.03 Å². The van der Waals surface area contributed by atoms with Crippen molar-refractivity contribution < 1.29 is 40.9 Å². The van der Waals surface area contributed by atoms with Crippen LogP contribution in [0.2, 0.25) is 0 Å². The van der Waals surface area contributed by atoms with E-state index in [1.807, 2.05) is 6.07 Å². The molecule has 2 aliphatic rings. The van der Waals surface area contributed by atoms with Crippen molar-refractivity contribution in [2.24, 2.45) is 5.92 Å². The van der Waals surface area contributed by atoms with Gasteiger partial charge < -0.3 is 20.1 Å². The largest absolute Gasteiger partial charge is 0.484 e. The van der Waals surface area contributed by atoms with Crippen molar-refractivity contribution in [2.45, 2.75) is 60.6 Å². The number of amides is 2. The Bertz CT molecular complexity index is 1380. The molecule has 0 radical (unpaired) electrons. The maximum absolute atomic E-state index is 13.5. The lowest BCUT2D eigenvalue weighted by molar-refractivity contribution is -0.119. The van der Waals surface area contributed by atoms with Gasteiger partial charge >= 0.3 is 0 Å². The van der Waals surface area contributed by atoms with E-state index in [0.717, 1.165) is 37.2 Å². The number of alkyl halides is 2. The summed E-state index contributed by atoms with van der Waals surface area (Å²) in [6.45, 7) is -0.724. The van der Waals surface area contributed by atoms with Crippen molar-refractivity contribution in [1.29, 1.82) is 5.26 Å². The van der Waals surface area contributed by atoms with Crippen molar-refractivity contribution in [1.82, 2.24) is 25.3 Å². The molecule has 2 aromatic heterocycles. The first-order chi connectivity index (χ1) is 19.7. The van der Waals surface area contributed by atoms with Crippen LogP contribution >= 0.6 is 11.8 Å². The number of anilines is 1. The maximum atomic E-state index is 13.5. The minimum atomic E-state index is -4.42. The number of carbonyl (C=O) groups excluding carboxylic acids is 2. The molecule has 0 unspecified atom stereocenters. The lowest BCUT2D eigenvalue weighted by Crippen LogP contribution is -2.49. The van der Waals surface area contributed by atoms with Crippen LogP contribution in [0.3, 0.4) is 0 Å². The van der Waals surface area contributed by atoms with E-state index in [2.05, 4.69) is 30.6 Å². The van der Waals surface area contributed by atoms with Gasteiger partial charge in [-0.25, -0.2) is 31.5 Å². The van der Waals surface area contributed by atoms with Gasteiger partial charge in [-0.15, -0.1) is 0 Å². The molecule has 14 nitrogen and oxygen atoms in total. The molecule has 3 N–H and O–H groups in total. The molecule has 1 atom stereocenters. The van der Waals surface area contributed by atoms with E-state index >= 15 is 0 Å². The van der Waals surface area contributed by atoms with Gasteiger partial charge in [0.2, 0.25) is 21.6 Å². The highest BCUT2D eigenvalue weighted by Gasteiger charge is 2.34. The summed E-state index contributed by atoms with van der Waals surface area (Å²) in [4.78, 5) is 30.0. The number of carbonyl (C=O) groups is 2. The van der Waals surface area contributed by atoms with Crippen LogP contribution in [0.15, 0.2) is 26.8 Å². The fraction of sp³-hybridized carbons (Fsp3) is 0.565. The Morgan fingerprint density at radius 2 is 1.98 bits per heavy atom. The third kappa shape index (κ3) is 8.09. The van der Waals surface area contributed by atoms with Gasteiger partial charge in [0.05, 0.1) is 37.8 Å². The van der Waals surface area contributed by atoms with Crippen molar-refractivity contribution >= 4 is 39.4 Å². The van der Waals surface area contributed by atoms with Gasteiger partial charge in [0, 0.05) is 6.07 Å². The number of nitrogens with one attached hydrogen (secondary N) is 3. The minimum absolute atomic E-state index is 0.00740. The number of nitriles is 1. The Balaban J connectivity index is 1.56. The minimum Gasteiger partial charge on any atom is -0.484 e. The first-order valence-corrected chi connectivity index (χ1v) is 15.1. The predicted octanol–water partition coefficient (Wildman–Crippen LogP) is 1.72. The van der Waals surface area contributed by atoms with Crippen LogP contribution in [0.4, 0.5) is 14.6 Å². The zero-order valence-corrected chi connectivity index (χ0v) is 23.2. The summed E-state index contributed by atoms with van der Waals surface area (Å²) in [5.74, 6) is -1.84. The number of pyridine rings is 1. The highest BCUT2D eigenvalue weighted by molar-refractivity contribution is 7.99. The number of halogens is 2. The van der Waals surface area contributed by atoms with E-state index in [-0.39, 0.29) is 47.2 Å². The average molecular weight is 616 g/mol. The normalized spacial score (nSPS) is 16.9. The number of rotatable bonds is 13. The maximum Gasteiger partial charge on any atom is 0.277 e. The number of hydrogen-bond donors (Lipinski definition) is 3. The Morgan fingerprint density at radius 1 is 1.22 bits per heavy atom. The third-order valence-electron chi connectivity index (χ3n) is 6.34. The fourth-order valence-electron chi connectivity index (χ4n) is 4.29. The van der Waals surface area contributed by atoms with Crippen LogP contribution < -0.4 is 20.1 Å². The van der Waals surface area contributed by atoms with Crippen molar-refractivity contribution in [3.8, 4) is 11.8 Å². The van der Waals surface area contributed by atoms with E-state index in [9.17, 15) is 26.8 Å². The zero-order valence-electron chi connectivity index (χ0n) is 21.5. The first kappa shape index (κ1) is 30.6. The van der Waals surface area contributed by atoms with E-state index in [0.29, 0.717) is 12.8 Å². The van der Waals surface area contributed by atoms with E-state index in [1.165, 1.54) is 6.07 Å². The molecule has 18 heteroatoms. The molecule has 0 aromatic carbocycles. The molecule has 0 bridgehead atoms. The topological polar surface area (TPSA) is 198 Å². The van der Waals surface area contributed by atoms with E-state index in [1.54, 1.807) is 4.72 Å². The number of nitrogens with zero attached hydrogens (tertiary/aromatic N) is 4. The summed E-state index contributed by atoms with van der Waals surface area (Å²) in [7, 11) is -4.42. The highest BCUT2D eigenvalue weighted by Crippen LogP contribution is 2.30. The monoisotopic (exact) mass is 615 g/mol. The molecule has 1 aliphatic carbocycles. The predicted molar refractivity (Wildman–Crippen MR) is 138 cm³/mol. The molecule has 0 spiro atoms. The molecule has 1 aliphatic heterocycles. The number of ether oxygens (including phenoxy) is 2. The van der Waals surface area contributed by atoms with Gasteiger partial charge in [-0.1, -0.05) is 31.0 Å². The average Bonchev–Trinajstić information content (AvgIpc) is 3.40. The first-order valence-electron chi connectivity index (χ1n) is 12.6. The van der Waals surface area contributed by atoms with Crippen LogP contribution in [0.25, 0.3) is 0 Å². The molecule has 1 saturated heterocycles. The fourth-order valence-corrected chi connectivity index (χ4v) is 5.91. The quantitative estimate of drug-likeness (QED) is 0.276. The van der Waals surface area contributed by atoms with Crippen molar-refractivity contribution in [3.63, 3.8) is 0 Å². The third-order valence-corrected chi connectivity index (χ3v) is 8.59. The van der Waals surface area contributed by atoms with Gasteiger partial charge in [-0.2, -0.15) is 5.26 Å². The van der Waals surface area contributed by atoms with Crippen LogP contribution in [-0.4, -0.2) is 79.6 Å². The Labute approximate surface area is 237 Å². The molecule has 41 heavy (non-hydrogen) atoms. The number of aromatic nitrogens is 3. The molecule has 2 fully saturated rings. The molecule has 2 aromatic rings.